The molecular formula is C22H17ClN4O6. The lowest BCUT2D eigenvalue weighted by atomic mass is 9.81. The number of allylic oxidation sites excluding steroid dienone is 1. The van der Waals surface area contributed by atoms with Gasteiger partial charge < -0.3 is 15.2 Å². The van der Waals surface area contributed by atoms with Crippen molar-refractivity contribution in [2.24, 2.45) is 5.73 Å². The second kappa shape index (κ2) is 9.42. The minimum atomic E-state index is -1.04. The zero-order valence-corrected chi connectivity index (χ0v) is 18.2. The number of hydrogen-bond donors (Lipinski definition) is 1. The fourth-order valence-electron chi connectivity index (χ4n) is 3.55. The number of hydrogen-bond acceptors (Lipinski definition) is 9. The maximum absolute atomic E-state index is 12.9. The Labute approximate surface area is 193 Å². The van der Waals surface area contributed by atoms with Crippen LogP contribution >= 0.6 is 11.6 Å². The average molecular weight is 469 g/mol. The number of ether oxygens (including phenoxy) is 2. The summed E-state index contributed by atoms with van der Waals surface area (Å²) in [7, 11) is 2.24. The van der Waals surface area contributed by atoms with Gasteiger partial charge in [0.25, 0.3) is 5.69 Å². The number of nitrogens with two attached hydrogens (primary N) is 1. The number of carbonyl (C=O) groups excluding carboxylic acids is 2. The predicted molar refractivity (Wildman–Crippen MR) is 118 cm³/mol. The Morgan fingerprint density at radius 1 is 1.15 bits per heavy atom. The van der Waals surface area contributed by atoms with E-state index in [1.807, 2.05) is 6.07 Å². The standard InChI is InChI=1S/C22H17ClN4O6/c1-32-21(28)18-17(12-6-4-3-5-7-12)14(11-24)20(25)26(19(18)22(29)33-2)16-9-8-13(27(30)31)10-15(16)23/h3-10,17H,25H2,1-2H3. The molecular weight excluding hydrogens is 452 g/mol. The third kappa shape index (κ3) is 4.09. The molecule has 1 unspecified atom stereocenters. The maximum atomic E-state index is 12.9. The van der Waals surface area contributed by atoms with Crippen molar-refractivity contribution >= 4 is 34.9 Å². The second-order valence-corrected chi connectivity index (χ2v) is 7.14. The molecule has 11 heteroatoms. The molecule has 1 heterocycles. The molecule has 1 aliphatic heterocycles. The van der Waals surface area contributed by atoms with Crippen LogP contribution in [0, 0.1) is 21.4 Å². The van der Waals surface area contributed by atoms with E-state index in [1.165, 1.54) is 6.07 Å². The van der Waals surface area contributed by atoms with E-state index in [-0.39, 0.29) is 39.1 Å². The molecule has 0 bridgehead atoms. The molecule has 1 atom stereocenters. The van der Waals surface area contributed by atoms with E-state index in [4.69, 9.17) is 26.8 Å². The topological polar surface area (TPSA) is 149 Å². The SMILES string of the molecule is COC(=O)C1=C(C(=O)OC)N(c2ccc([N+](=O)[O-])cc2Cl)C(N)=C(C#N)C1c1ccccc1. The minimum absolute atomic E-state index is 0.0285. The van der Waals surface area contributed by atoms with Crippen LogP contribution in [0.1, 0.15) is 11.5 Å². The van der Waals surface area contributed by atoms with E-state index in [0.29, 0.717) is 5.56 Å². The second-order valence-electron chi connectivity index (χ2n) is 6.73. The Morgan fingerprint density at radius 3 is 2.30 bits per heavy atom. The van der Waals surface area contributed by atoms with Gasteiger partial charge in [-0.25, -0.2) is 9.59 Å². The molecule has 10 nitrogen and oxygen atoms in total. The third-order valence-corrected chi connectivity index (χ3v) is 5.30. The van der Waals surface area contributed by atoms with Crippen LogP contribution in [-0.4, -0.2) is 31.1 Å². The average Bonchev–Trinajstić information content (AvgIpc) is 2.82. The van der Waals surface area contributed by atoms with Crippen LogP contribution in [-0.2, 0) is 19.1 Å². The van der Waals surface area contributed by atoms with Gasteiger partial charge in [0.1, 0.15) is 11.5 Å². The van der Waals surface area contributed by atoms with Crippen LogP contribution in [0.15, 0.2) is 71.2 Å². The monoisotopic (exact) mass is 468 g/mol. The molecule has 0 saturated carbocycles. The molecule has 0 aliphatic carbocycles. The van der Waals surface area contributed by atoms with Gasteiger partial charge in [0.05, 0.1) is 53.0 Å². The molecule has 0 radical (unpaired) electrons. The van der Waals surface area contributed by atoms with Crippen molar-refractivity contribution in [1.29, 1.82) is 5.26 Å². The molecule has 168 valence electrons. The highest BCUT2D eigenvalue weighted by atomic mass is 35.5. The molecule has 3 rings (SSSR count). The number of nitro groups is 1. The quantitative estimate of drug-likeness (QED) is 0.396. The van der Waals surface area contributed by atoms with E-state index in [2.05, 4.69) is 0 Å². The van der Waals surface area contributed by atoms with Crippen molar-refractivity contribution < 1.29 is 24.0 Å². The van der Waals surface area contributed by atoms with Crippen LogP contribution < -0.4 is 10.6 Å². The Kier molecular flexibility index (Phi) is 6.65. The summed E-state index contributed by atoms with van der Waals surface area (Å²) in [6.45, 7) is 0. The Bertz CT molecular complexity index is 1250. The molecule has 0 fully saturated rings. The number of halogens is 1. The number of nitro benzene ring substituents is 1. The van der Waals surface area contributed by atoms with Gasteiger partial charge in [0.2, 0.25) is 0 Å². The Hall–Kier alpha value is -4.36. The van der Waals surface area contributed by atoms with Crippen LogP contribution in [0.4, 0.5) is 11.4 Å². The molecule has 33 heavy (non-hydrogen) atoms. The van der Waals surface area contributed by atoms with Crippen LogP contribution in [0.5, 0.6) is 0 Å². The smallest absolute Gasteiger partial charge is 0.355 e. The molecule has 2 N–H and O–H groups in total. The third-order valence-electron chi connectivity index (χ3n) is 4.99. The van der Waals surface area contributed by atoms with Crippen molar-refractivity contribution in [3.8, 4) is 6.07 Å². The number of methoxy groups -OCH3 is 2. The minimum Gasteiger partial charge on any atom is -0.466 e. The Balaban J connectivity index is 2.41. The number of carbonyl (C=O) groups is 2. The predicted octanol–water partition coefficient (Wildman–Crippen LogP) is 3.15. The first-order valence-corrected chi connectivity index (χ1v) is 9.74. The zero-order valence-electron chi connectivity index (χ0n) is 17.4. The summed E-state index contributed by atoms with van der Waals surface area (Å²) in [6.07, 6.45) is 0. The number of esters is 2. The van der Waals surface area contributed by atoms with Crippen LogP contribution in [0.25, 0.3) is 0 Å². The maximum Gasteiger partial charge on any atom is 0.355 e. The number of benzene rings is 2. The van der Waals surface area contributed by atoms with E-state index in [0.717, 1.165) is 31.3 Å². The van der Waals surface area contributed by atoms with E-state index in [1.54, 1.807) is 30.3 Å². The summed E-state index contributed by atoms with van der Waals surface area (Å²) < 4.78 is 9.84. The van der Waals surface area contributed by atoms with Crippen molar-refractivity contribution in [1.82, 2.24) is 0 Å². The molecule has 2 aromatic rings. The van der Waals surface area contributed by atoms with E-state index in [9.17, 15) is 25.0 Å². The largest absolute Gasteiger partial charge is 0.466 e. The van der Waals surface area contributed by atoms with Gasteiger partial charge in [-0.2, -0.15) is 5.26 Å². The van der Waals surface area contributed by atoms with Gasteiger partial charge in [-0.05, 0) is 11.6 Å². The van der Waals surface area contributed by atoms with Crippen LogP contribution in [0.2, 0.25) is 5.02 Å². The lowest BCUT2D eigenvalue weighted by Crippen LogP contribution is -2.40. The van der Waals surface area contributed by atoms with Crippen molar-refractivity contribution in [3.05, 3.63) is 91.9 Å². The highest BCUT2D eigenvalue weighted by Crippen LogP contribution is 2.45. The highest BCUT2D eigenvalue weighted by Gasteiger charge is 2.43. The molecule has 1 aliphatic rings. The van der Waals surface area contributed by atoms with Gasteiger partial charge in [-0.3, -0.25) is 15.0 Å². The van der Waals surface area contributed by atoms with Gasteiger partial charge in [-0.1, -0.05) is 41.9 Å². The van der Waals surface area contributed by atoms with Gasteiger partial charge in [0, 0.05) is 12.1 Å². The number of non-ortho nitro benzene ring substituents is 1. The molecule has 0 aromatic heterocycles. The van der Waals surface area contributed by atoms with Gasteiger partial charge >= 0.3 is 11.9 Å². The first-order valence-electron chi connectivity index (χ1n) is 9.36. The Morgan fingerprint density at radius 2 is 1.79 bits per heavy atom. The fourth-order valence-corrected chi connectivity index (χ4v) is 3.81. The van der Waals surface area contributed by atoms with Crippen molar-refractivity contribution in [3.63, 3.8) is 0 Å². The number of rotatable bonds is 5. The first kappa shape index (κ1) is 23.3. The summed E-state index contributed by atoms with van der Waals surface area (Å²) in [5.74, 6) is -3.08. The highest BCUT2D eigenvalue weighted by molar-refractivity contribution is 6.33. The number of nitrogens with zero attached hydrogens (tertiary/aromatic N) is 3. The normalized spacial score (nSPS) is 15.7. The summed E-state index contributed by atoms with van der Waals surface area (Å²) in [6, 6.07) is 14.0. The fraction of sp³-hybridized carbons (Fsp3) is 0.136. The lowest BCUT2D eigenvalue weighted by molar-refractivity contribution is -0.384. The molecule has 2 aromatic carbocycles. The lowest BCUT2D eigenvalue weighted by Gasteiger charge is -2.36. The number of anilines is 1. The summed E-state index contributed by atoms with van der Waals surface area (Å²) >= 11 is 6.29. The van der Waals surface area contributed by atoms with Gasteiger partial charge in [0.15, 0.2) is 0 Å². The van der Waals surface area contributed by atoms with E-state index < -0.39 is 22.8 Å². The summed E-state index contributed by atoms with van der Waals surface area (Å²) in [5.41, 5.74) is 6.00. The van der Waals surface area contributed by atoms with Gasteiger partial charge in [-0.15, -0.1) is 0 Å². The molecule has 0 spiro atoms. The van der Waals surface area contributed by atoms with Crippen LogP contribution in [0.3, 0.4) is 0 Å². The number of nitriles is 1. The van der Waals surface area contributed by atoms with Crippen molar-refractivity contribution in [2.45, 2.75) is 5.92 Å². The summed E-state index contributed by atoms with van der Waals surface area (Å²) in [5, 5.41) is 20.9. The molecule has 0 saturated heterocycles. The first-order chi connectivity index (χ1) is 15.8. The van der Waals surface area contributed by atoms with E-state index >= 15 is 0 Å². The molecule has 0 amide bonds. The zero-order chi connectivity index (χ0) is 24.3. The summed E-state index contributed by atoms with van der Waals surface area (Å²) in [4.78, 5) is 37.4. The van der Waals surface area contributed by atoms with Crippen molar-refractivity contribution in [2.75, 3.05) is 19.1 Å².